The van der Waals surface area contributed by atoms with Crippen molar-refractivity contribution in [3.05, 3.63) is 64.8 Å². The summed E-state index contributed by atoms with van der Waals surface area (Å²) in [6.45, 7) is 3.89. The molecule has 0 aliphatic carbocycles. The van der Waals surface area contributed by atoms with Gasteiger partial charge in [-0.2, -0.15) is 0 Å². The smallest absolute Gasteiger partial charge is 0.326 e. The highest BCUT2D eigenvalue weighted by Crippen LogP contribution is 2.30. The van der Waals surface area contributed by atoms with Gasteiger partial charge < -0.3 is 9.88 Å². The van der Waals surface area contributed by atoms with Crippen molar-refractivity contribution in [1.82, 2.24) is 14.5 Å². The van der Waals surface area contributed by atoms with Gasteiger partial charge in [-0.05, 0) is 43.2 Å². The predicted molar refractivity (Wildman–Crippen MR) is 105 cm³/mol. The fourth-order valence-corrected chi connectivity index (χ4v) is 4.52. The Morgan fingerprint density at radius 3 is 2.52 bits per heavy atom. The first-order chi connectivity index (χ1) is 13.2. The molecule has 3 aromatic rings. The van der Waals surface area contributed by atoms with Crippen molar-refractivity contribution in [2.75, 3.05) is 31.1 Å². The number of hydrogen-bond acceptors (Lipinski definition) is 3. The topological polar surface area (TPSA) is 44.3 Å². The van der Waals surface area contributed by atoms with E-state index < -0.39 is 0 Å². The van der Waals surface area contributed by atoms with Gasteiger partial charge in [0.05, 0.1) is 11.0 Å². The maximum Gasteiger partial charge on any atom is 0.326 e. The molecule has 0 amide bonds. The number of rotatable bonds is 3. The first kappa shape index (κ1) is 16.6. The summed E-state index contributed by atoms with van der Waals surface area (Å²) in [5.41, 5.74) is 2.87. The Labute approximate surface area is 157 Å². The van der Waals surface area contributed by atoms with Gasteiger partial charge in [0, 0.05) is 44.0 Å². The van der Waals surface area contributed by atoms with Crippen LogP contribution >= 0.6 is 0 Å². The number of nitrogens with zero attached hydrogens (tertiary/aromatic N) is 3. The Hall–Kier alpha value is -2.60. The monoisotopic (exact) mass is 366 g/mol. The minimum atomic E-state index is -0.180. The second-order valence-corrected chi connectivity index (χ2v) is 7.62. The van der Waals surface area contributed by atoms with Crippen molar-refractivity contribution in [3.8, 4) is 0 Å². The second-order valence-electron chi connectivity index (χ2n) is 7.62. The lowest BCUT2D eigenvalue weighted by Gasteiger charge is -2.48. The number of aromatic nitrogens is 2. The van der Waals surface area contributed by atoms with Crippen LogP contribution in [0.15, 0.2) is 53.3 Å². The van der Waals surface area contributed by atoms with E-state index in [1.165, 1.54) is 6.07 Å². The summed E-state index contributed by atoms with van der Waals surface area (Å²) in [7, 11) is 0. The Morgan fingerprint density at radius 2 is 1.74 bits per heavy atom. The van der Waals surface area contributed by atoms with Gasteiger partial charge in [-0.15, -0.1) is 0 Å². The molecule has 2 fully saturated rings. The van der Waals surface area contributed by atoms with E-state index in [9.17, 15) is 9.18 Å². The molecule has 0 unspecified atom stereocenters. The van der Waals surface area contributed by atoms with Crippen molar-refractivity contribution < 1.29 is 4.39 Å². The number of halogens is 1. The van der Waals surface area contributed by atoms with Crippen molar-refractivity contribution in [1.29, 1.82) is 0 Å². The number of anilines is 1. The maximum atomic E-state index is 13.4. The molecule has 2 aliphatic rings. The molecule has 0 atom stereocenters. The fraction of sp³-hybridized carbons (Fsp3) is 0.381. The SMILES string of the molecule is O=c1[nH]c2ccccc2n1C1CCN(C2CN(c3cccc(F)c3)C2)CC1. The minimum absolute atomic E-state index is 0.00410. The zero-order chi connectivity index (χ0) is 18.4. The van der Waals surface area contributed by atoms with Crippen molar-refractivity contribution in [3.63, 3.8) is 0 Å². The van der Waals surface area contributed by atoms with E-state index in [1.54, 1.807) is 12.1 Å². The first-order valence-corrected chi connectivity index (χ1v) is 9.63. The highest BCUT2D eigenvalue weighted by atomic mass is 19.1. The molecule has 6 heteroatoms. The van der Waals surface area contributed by atoms with Crippen LogP contribution in [0.3, 0.4) is 0 Å². The van der Waals surface area contributed by atoms with Gasteiger partial charge in [0.25, 0.3) is 0 Å². The molecule has 1 aromatic heterocycles. The molecule has 5 nitrogen and oxygen atoms in total. The Kier molecular flexibility index (Phi) is 4.01. The van der Waals surface area contributed by atoms with E-state index in [-0.39, 0.29) is 17.5 Å². The van der Waals surface area contributed by atoms with Gasteiger partial charge in [-0.25, -0.2) is 9.18 Å². The standard InChI is InChI=1S/C21H23FN4O/c22-15-4-3-5-17(12-15)25-13-18(14-25)24-10-8-16(9-11-24)26-20-7-2-1-6-19(20)23-21(26)27/h1-7,12,16,18H,8-11,13-14H2,(H,23,27). The van der Waals surface area contributed by atoms with Crippen LogP contribution in [0.5, 0.6) is 0 Å². The molecule has 140 valence electrons. The summed E-state index contributed by atoms with van der Waals surface area (Å²) in [5.74, 6) is -0.180. The van der Waals surface area contributed by atoms with Gasteiger partial charge in [0.1, 0.15) is 5.82 Å². The van der Waals surface area contributed by atoms with Crippen LogP contribution in [-0.4, -0.2) is 46.7 Å². The molecule has 5 rings (SSSR count). The number of fused-ring (bicyclic) bond motifs is 1. The van der Waals surface area contributed by atoms with E-state index in [4.69, 9.17) is 0 Å². The average Bonchev–Trinajstić information content (AvgIpc) is 2.97. The van der Waals surface area contributed by atoms with Crippen LogP contribution in [0.1, 0.15) is 18.9 Å². The molecular formula is C21H23FN4O. The number of piperidine rings is 1. The zero-order valence-corrected chi connectivity index (χ0v) is 15.1. The lowest BCUT2D eigenvalue weighted by atomic mass is 9.98. The van der Waals surface area contributed by atoms with Gasteiger partial charge in [0.2, 0.25) is 0 Å². The second kappa shape index (κ2) is 6.53. The third-order valence-electron chi connectivity index (χ3n) is 6.04. The fourth-order valence-electron chi connectivity index (χ4n) is 4.52. The Morgan fingerprint density at radius 1 is 0.963 bits per heavy atom. The Bertz CT molecular complexity index is 1010. The van der Waals surface area contributed by atoms with Crippen LogP contribution in [0.4, 0.5) is 10.1 Å². The molecule has 0 bridgehead atoms. The number of hydrogen-bond donors (Lipinski definition) is 1. The summed E-state index contributed by atoms with van der Waals surface area (Å²) in [6.07, 6.45) is 1.97. The van der Waals surface area contributed by atoms with Crippen LogP contribution in [0.25, 0.3) is 11.0 Å². The molecule has 2 saturated heterocycles. The van der Waals surface area contributed by atoms with Crippen molar-refractivity contribution >= 4 is 16.7 Å². The normalized spacial score (nSPS) is 19.5. The predicted octanol–water partition coefficient (Wildman–Crippen LogP) is 2.99. The van der Waals surface area contributed by atoms with Gasteiger partial charge in [-0.3, -0.25) is 9.47 Å². The molecular weight excluding hydrogens is 343 g/mol. The number of aromatic amines is 1. The highest BCUT2D eigenvalue weighted by Gasteiger charge is 2.34. The third kappa shape index (κ3) is 2.94. The molecule has 1 N–H and O–H groups in total. The van der Waals surface area contributed by atoms with Crippen molar-refractivity contribution in [2.45, 2.75) is 24.9 Å². The van der Waals surface area contributed by atoms with E-state index in [2.05, 4.69) is 14.8 Å². The van der Waals surface area contributed by atoms with Crippen LogP contribution in [0, 0.1) is 5.82 Å². The van der Waals surface area contributed by atoms with E-state index in [0.29, 0.717) is 6.04 Å². The molecule has 2 aliphatic heterocycles. The highest BCUT2D eigenvalue weighted by molar-refractivity contribution is 5.75. The molecule has 2 aromatic carbocycles. The summed E-state index contributed by atoms with van der Waals surface area (Å²) >= 11 is 0. The number of imidazole rings is 1. The van der Waals surface area contributed by atoms with Crippen LogP contribution in [0.2, 0.25) is 0 Å². The summed E-state index contributed by atoms with van der Waals surface area (Å²) in [4.78, 5) is 20.1. The van der Waals surface area contributed by atoms with Gasteiger partial charge in [0.15, 0.2) is 0 Å². The number of likely N-dealkylation sites (tertiary alicyclic amines) is 1. The quantitative estimate of drug-likeness (QED) is 0.775. The molecule has 0 saturated carbocycles. The lowest BCUT2D eigenvalue weighted by molar-refractivity contribution is 0.115. The largest absolute Gasteiger partial charge is 0.368 e. The summed E-state index contributed by atoms with van der Waals surface area (Å²) in [5, 5.41) is 0. The van der Waals surface area contributed by atoms with E-state index >= 15 is 0 Å². The number of para-hydroxylation sites is 2. The third-order valence-corrected chi connectivity index (χ3v) is 6.04. The van der Waals surface area contributed by atoms with Crippen molar-refractivity contribution in [2.24, 2.45) is 0 Å². The van der Waals surface area contributed by atoms with Gasteiger partial charge in [-0.1, -0.05) is 18.2 Å². The zero-order valence-electron chi connectivity index (χ0n) is 15.1. The first-order valence-electron chi connectivity index (χ1n) is 9.63. The molecule has 0 spiro atoms. The average molecular weight is 366 g/mol. The van der Waals surface area contributed by atoms with Crippen LogP contribution < -0.4 is 10.6 Å². The number of H-pyrrole nitrogens is 1. The van der Waals surface area contributed by atoms with E-state index in [1.807, 2.05) is 34.9 Å². The summed E-state index contributed by atoms with van der Waals surface area (Å²) in [6, 6.07) is 15.5. The van der Waals surface area contributed by atoms with Crippen LogP contribution in [-0.2, 0) is 0 Å². The molecule has 3 heterocycles. The lowest BCUT2D eigenvalue weighted by Crippen LogP contribution is -2.61. The Balaban J connectivity index is 1.22. The number of nitrogens with one attached hydrogen (secondary N) is 1. The molecule has 27 heavy (non-hydrogen) atoms. The van der Waals surface area contributed by atoms with E-state index in [0.717, 1.165) is 55.7 Å². The summed E-state index contributed by atoms with van der Waals surface area (Å²) < 4.78 is 15.3. The maximum absolute atomic E-state index is 13.4. The number of benzene rings is 2. The molecule has 0 radical (unpaired) electrons. The minimum Gasteiger partial charge on any atom is -0.368 e. The van der Waals surface area contributed by atoms with Gasteiger partial charge >= 0.3 is 5.69 Å².